The molecule has 0 amide bonds. The number of hydrogen-bond acceptors (Lipinski definition) is 5. The Balaban J connectivity index is 2.09. The summed E-state index contributed by atoms with van der Waals surface area (Å²) in [6, 6.07) is 17.0. The minimum absolute atomic E-state index is 0.103. The maximum Gasteiger partial charge on any atom is 0.262 e. The molecule has 0 saturated heterocycles. The van der Waals surface area contributed by atoms with E-state index in [2.05, 4.69) is 11.1 Å². The van der Waals surface area contributed by atoms with E-state index in [-0.39, 0.29) is 10.8 Å². The van der Waals surface area contributed by atoms with Gasteiger partial charge in [-0.15, -0.1) is 0 Å². The molecule has 25 heavy (non-hydrogen) atoms. The molecule has 0 radical (unpaired) electrons. The Kier molecular flexibility index (Phi) is 5.05. The van der Waals surface area contributed by atoms with Gasteiger partial charge >= 0.3 is 0 Å². The van der Waals surface area contributed by atoms with Crippen LogP contribution in [0, 0.1) is 11.3 Å². The van der Waals surface area contributed by atoms with Gasteiger partial charge in [-0.25, -0.2) is 4.98 Å². The molecule has 6 heteroatoms. The second kappa shape index (κ2) is 7.41. The van der Waals surface area contributed by atoms with Crippen molar-refractivity contribution in [2.45, 2.75) is 23.9 Å². The topological polar surface area (TPSA) is 67.9 Å². The van der Waals surface area contributed by atoms with Crippen LogP contribution in [0.15, 0.2) is 58.5 Å². The highest BCUT2D eigenvalue weighted by atomic mass is 32.2. The number of nitriles is 1. The van der Waals surface area contributed by atoms with Gasteiger partial charge < -0.3 is 4.74 Å². The number of fused-ring (bicyclic) bond motifs is 1. The number of benzene rings is 2. The molecule has 1 aromatic heterocycles. The SMILES string of the molecule is COc1ccc(Cn2c(SC(C)C#N)nc3ccccc3c2=O)cc1. The van der Waals surface area contributed by atoms with Crippen molar-refractivity contribution >= 4 is 22.7 Å². The molecule has 0 aliphatic carbocycles. The van der Waals surface area contributed by atoms with E-state index in [0.717, 1.165) is 11.3 Å². The number of aromatic nitrogens is 2. The molecule has 0 spiro atoms. The average Bonchev–Trinajstić information content (AvgIpc) is 2.65. The Labute approximate surface area is 149 Å². The van der Waals surface area contributed by atoms with Crippen LogP contribution in [0.25, 0.3) is 10.9 Å². The van der Waals surface area contributed by atoms with Crippen LogP contribution >= 0.6 is 11.8 Å². The average molecular weight is 351 g/mol. The molecule has 1 heterocycles. The number of para-hydroxylation sites is 1. The van der Waals surface area contributed by atoms with E-state index >= 15 is 0 Å². The second-order valence-corrected chi connectivity index (χ2v) is 6.85. The minimum atomic E-state index is -0.296. The maximum atomic E-state index is 12.9. The van der Waals surface area contributed by atoms with E-state index in [9.17, 15) is 4.79 Å². The first-order chi connectivity index (χ1) is 12.1. The zero-order valence-corrected chi connectivity index (χ0v) is 14.8. The van der Waals surface area contributed by atoms with Crippen molar-refractivity contribution in [3.63, 3.8) is 0 Å². The summed E-state index contributed by atoms with van der Waals surface area (Å²) in [5.41, 5.74) is 1.51. The van der Waals surface area contributed by atoms with Crippen LogP contribution in [0.4, 0.5) is 0 Å². The highest BCUT2D eigenvalue weighted by molar-refractivity contribution is 8.00. The summed E-state index contributed by atoms with van der Waals surface area (Å²) in [4.78, 5) is 17.6. The molecule has 2 aromatic carbocycles. The van der Waals surface area contributed by atoms with Crippen LogP contribution < -0.4 is 10.3 Å². The van der Waals surface area contributed by atoms with Gasteiger partial charge in [-0.05, 0) is 36.8 Å². The van der Waals surface area contributed by atoms with Gasteiger partial charge in [0.05, 0.1) is 35.9 Å². The van der Waals surface area contributed by atoms with Gasteiger partial charge in [-0.2, -0.15) is 5.26 Å². The number of ether oxygens (including phenoxy) is 1. The second-order valence-electron chi connectivity index (χ2n) is 5.54. The maximum absolute atomic E-state index is 12.9. The van der Waals surface area contributed by atoms with Gasteiger partial charge in [0, 0.05) is 0 Å². The third-order valence-corrected chi connectivity index (χ3v) is 4.77. The van der Waals surface area contributed by atoms with Crippen molar-refractivity contribution in [2.24, 2.45) is 0 Å². The Hall–Kier alpha value is -2.78. The Bertz CT molecular complexity index is 990. The Morgan fingerprint density at radius 3 is 2.64 bits per heavy atom. The Morgan fingerprint density at radius 1 is 1.24 bits per heavy atom. The molecule has 3 aromatic rings. The number of nitrogens with zero attached hydrogens (tertiary/aromatic N) is 3. The van der Waals surface area contributed by atoms with Crippen molar-refractivity contribution in [3.8, 4) is 11.8 Å². The van der Waals surface area contributed by atoms with E-state index < -0.39 is 0 Å². The summed E-state index contributed by atoms with van der Waals surface area (Å²) in [5, 5.41) is 9.94. The van der Waals surface area contributed by atoms with Crippen LogP contribution in [0.5, 0.6) is 5.75 Å². The smallest absolute Gasteiger partial charge is 0.262 e. The van der Waals surface area contributed by atoms with Crippen molar-refractivity contribution in [1.82, 2.24) is 9.55 Å². The van der Waals surface area contributed by atoms with Crippen LogP contribution in [-0.4, -0.2) is 21.9 Å². The van der Waals surface area contributed by atoms with E-state index in [0.29, 0.717) is 22.6 Å². The lowest BCUT2D eigenvalue weighted by atomic mass is 10.2. The molecule has 0 N–H and O–H groups in total. The fourth-order valence-electron chi connectivity index (χ4n) is 2.48. The lowest BCUT2D eigenvalue weighted by molar-refractivity contribution is 0.414. The van der Waals surface area contributed by atoms with Crippen molar-refractivity contribution < 1.29 is 4.74 Å². The molecule has 0 aliphatic heterocycles. The number of methoxy groups -OCH3 is 1. The normalized spacial score (nSPS) is 11.9. The molecular formula is C19H17N3O2S. The first-order valence-electron chi connectivity index (χ1n) is 7.81. The predicted molar refractivity (Wildman–Crippen MR) is 99.0 cm³/mol. The standard InChI is InChI=1S/C19H17N3O2S/c1-13(11-20)25-19-21-17-6-4-3-5-16(17)18(23)22(19)12-14-7-9-15(24-2)10-8-14/h3-10,13H,12H2,1-2H3. The van der Waals surface area contributed by atoms with Gasteiger partial charge in [0.1, 0.15) is 5.75 Å². The van der Waals surface area contributed by atoms with Crippen molar-refractivity contribution in [1.29, 1.82) is 5.26 Å². The predicted octanol–water partition coefficient (Wildman–Crippen LogP) is 3.46. The molecule has 1 atom stereocenters. The zero-order chi connectivity index (χ0) is 17.8. The third-order valence-electron chi connectivity index (χ3n) is 3.79. The molecule has 5 nitrogen and oxygen atoms in total. The van der Waals surface area contributed by atoms with Crippen molar-refractivity contribution in [3.05, 3.63) is 64.4 Å². The summed E-state index contributed by atoms with van der Waals surface area (Å²) < 4.78 is 6.80. The molecule has 0 saturated carbocycles. The molecule has 1 unspecified atom stereocenters. The monoisotopic (exact) mass is 351 g/mol. The zero-order valence-electron chi connectivity index (χ0n) is 14.0. The summed E-state index contributed by atoms with van der Waals surface area (Å²) in [6.45, 7) is 2.19. The highest BCUT2D eigenvalue weighted by Gasteiger charge is 2.14. The fraction of sp³-hybridized carbons (Fsp3) is 0.211. The largest absolute Gasteiger partial charge is 0.497 e. The van der Waals surface area contributed by atoms with E-state index in [1.54, 1.807) is 24.7 Å². The van der Waals surface area contributed by atoms with Crippen LogP contribution in [0.1, 0.15) is 12.5 Å². The number of hydrogen-bond donors (Lipinski definition) is 0. The summed E-state index contributed by atoms with van der Waals surface area (Å²) in [5.74, 6) is 0.764. The van der Waals surface area contributed by atoms with Crippen LogP contribution in [-0.2, 0) is 6.54 Å². The first kappa shape index (κ1) is 17.1. The first-order valence-corrected chi connectivity index (χ1v) is 8.69. The summed E-state index contributed by atoms with van der Waals surface area (Å²) in [7, 11) is 1.62. The van der Waals surface area contributed by atoms with Crippen molar-refractivity contribution in [2.75, 3.05) is 7.11 Å². The van der Waals surface area contributed by atoms with E-state index in [4.69, 9.17) is 10.00 Å². The van der Waals surface area contributed by atoms with Gasteiger partial charge in [0.15, 0.2) is 5.16 Å². The van der Waals surface area contributed by atoms with Gasteiger partial charge in [0.25, 0.3) is 5.56 Å². The highest BCUT2D eigenvalue weighted by Crippen LogP contribution is 2.23. The number of rotatable bonds is 5. The molecule has 0 fully saturated rings. The van der Waals surface area contributed by atoms with Gasteiger partial charge in [0.2, 0.25) is 0 Å². The van der Waals surface area contributed by atoms with Crippen LogP contribution in [0.2, 0.25) is 0 Å². The molecule has 126 valence electrons. The van der Waals surface area contributed by atoms with Gasteiger partial charge in [-0.3, -0.25) is 9.36 Å². The summed E-state index contributed by atoms with van der Waals surface area (Å²) in [6.07, 6.45) is 0. The Morgan fingerprint density at radius 2 is 1.96 bits per heavy atom. The fourth-order valence-corrected chi connectivity index (χ4v) is 3.27. The minimum Gasteiger partial charge on any atom is -0.497 e. The molecular weight excluding hydrogens is 334 g/mol. The van der Waals surface area contributed by atoms with E-state index in [1.807, 2.05) is 42.5 Å². The van der Waals surface area contributed by atoms with Gasteiger partial charge in [-0.1, -0.05) is 36.0 Å². The quantitative estimate of drug-likeness (QED) is 0.520. The van der Waals surface area contributed by atoms with Crippen LogP contribution in [0.3, 0.4) is 0 Å². The van der Waals surface area contributed by atoms with E-state index in [1.165, 1.54) is 11.8 Å². The molecule has 0 bridgehead atoms. The third kappa shape index (κ3) is 3.67. The lowest BCUT2D eigenvalue weighted by Gasteiger charge is -2.14. The number of thioether (sulfide) groups is 1. The molecule has 3 rings (SSSR count). The molecule has 0 aliphatic rings. The lowest BCUT2D eigenvalue weighted by Crippen LogP contribution is -2.24. The summed E-state index contributed by atoms with van der Waals surface area (Å²) >= 11 is 1.29.